The summed E-state index contributed by atoms with van der Waals surface area (Å²) in [6, 6.07) is 13.6. The Balaban J connectivity index is 1.59. The minimum absolute atomic E-state index is 0.289. The maximum absolute atomic E-state index is 12.2. The van der Waals surface area contributed by atoms with Crippen molar-refractivity contribution in [3.8, 4) is 17.0 Å². The average Bonchev–Trinajstić information content (AvgIpc) is 3.44. The zero-order valence-electron chi connectivity index (χ0n) is 19.8. The molecule has 8 heteroatoms. The molecule has 0 aliphatic rings. The molecule has 0 saturated heterocycles. The second-order valence-corrected chi connectivity index (χ2v) is 7.85. The molecule has 4 aromatic rings. The summed E-state index contributed by atoms with van der Waals surface area (Å²) < 4.78 is 20.1. The molecular formula is C26H28N4O4. The Morgan fingerprint density at radius 3 is 2.71 bits per heavy atom. The Labute approximate surface area is 198 Å². The molecule has 0 unspecified atom stereocenters. The van der Waals surface area contributed by atoms with Crippen molar-refractivity contribution in [3.05, 3.63) is 77.9 Å². The number of ether oxygens (including phenoxy) is 3. The number of esters is 1. The molecule has 0 saturated carbocycles. The van der Waals surface area contributed by atoms with Gasteiger partial charge in [0, 0.05) is 12.1 Å². The highest BCUT2D eigenvalue weighted by atomic mass is 16.5. The quantitative estimate of drug-likeness (QED) is 0.205. The van der Waals surface area contributed by atoms with E-state index >= 15 is 0 Å². The van der Waals surface area contributed by atoms with E-state index in [4.69, 9.17) is 14.2 Å². The van der Waals surface area contributed by atoms with Crippen LogP contribution in [-0.4, -0.2) is 39.4 Å². The van der Waals surface area contributed by atoms with Crippen LogP contribution in [0.2, 0.25) is 0 Å². The Morgan fingerprint density at radius 2 is 1.97 bits per heavy atom. The van der Waals surface area contributed by atoms with Crippen molar-refractivity contribution in [2.24, 2.45) is 0 Å². The number of imidazole rings is 1. The minimum atomic E-state index is -0.467. The number of aromatic nitrogens is 4. The molecule has 2 heterocycles. The minimum Gasteiger partial charge on any atom is -0.503 e. The fraction of sp³-hybridized carbons (Fsp3) is 0.269. The molecule has 0 fully saturated rings. The average molecular weight is 461 g/mol. The van der Waals surface area contributed by atoms with Crippen molar-refractivity contribution in [3.63, 3.8) is 0 Å². The second kappa shape index (κ2) is 10.2. The molecule has 0 bridgehead atoms. The van der Waals surface area contributed by atoms with E-state index in [2.05, 4.69) is 34.6 Å². The fourth-order valence-electron chi connectivity index (χ4n) is 4.01. The molecule has 2 aromatic heterocycles. The van der Waals surface area contributed by atoms with Gasteiger partial charge in [-0.3, -0.25) is 0 Å². The molecule has 4 rings (SSSR count). The van der Waals surface area contributed by atoms with Crippen LogP contribution in [0, 0.1) is 6.92 Å². The van der Waals surface area contributed by atoms with E-state index in [-0.39, 0.29) is 6.61 Å². The number of methoxy groups -OCH3 is 2. The van der Waals surface area contributed by atoms with Gasteiger partial charge in [-0.15, -0.1) is 0 Å². The van der Waals surface area contributed by atoms with E-state index in [0.29, 0.717) is 11.1 Å². The number of nitrogens with zero attached hydrogens (tertiary/aromatic N) is 4. The molecule has 0 aliphatic carbocycles. The van der Waals surface area contributed by atoms with E-state index in [9.17, 15) is 4.79 Å². The highest BCUT2D eigenvalue weighted by Gasteiger charge is 2.18. The van der Waals surface area contributed by atoms with E-state index in [1.807, 2.05) is 42.6 Å². The van der Waals surface area contributed by atoms with Gasteiger partial charge in [0.25, 0.3) is 0 Å². The summed E-state index contributed by atoms with van der Waals surface area (Å²) in [5.41, 5.74) is 5.15. The van der Waals surface area contributed by atoms with Crippen LogP contribution in [0.3, 0.4) is 0 Å². The lowest BCUT2D eigenvalue weighted by Crippen LogP contribution is -2.08. The van der Waals surface area contributed by atoms with Gasteiger partial charge in [0.2, 0.25) is 5.78 Å². The molecule has 0 atom stereocenters. The van der Waals surface area contributed by atoms with Crippen LogP contribution < -0.4 is 4.74 Å². The van der Waals surface area contributed by atoms with Crippen LogP contribution >= 0.6 is 0 Å². The predicted octanol–water partition coefficient (Wildman–Crippen LogP) is 4.66. The monoisotopic (exact) mass is 460 g/mol. The van der Waals surface area contributed by atoms with Crippen LogP contribution in [0.4, 0.5) is 0 Å². The molecule has 0 radical (unpaired) electrons. The van der Waals surface area contributed by atoms with Crippen molar-refractivity contribution < 1.29 is 19.0 Å². The zero-order valence-corrected chi connectivity index (χ0v) is 19.8. The van der Waals surface area contributed by atoms with Crippen LogP contribution in [0.1, 0.15) is 30.0 Å². The Morgan fingerprint density at radius 1 is 1.15 bits per heavy atom. The number of carbonyl (C=O) groups excluding carboxylic acids is 1. The Hall–Kier alpha value is -4.07. The van der Waals surface area contributed by atoms with Crippen molar-refractivity contribution in [1.29, 1.82) is 0 Å². The topological polar surface area (TPSA) is 79.9 Å². The van der Waals surface area contributed by atoms with Gasteiger partial charge in [-0.05, 0) is 48.2 Å². The molecular weight excluding hydrogens is 432 g/mol. The van der Waals surface area contributed by atoms with Gasteiger partial charge in [-0.25, -0.2) is 9.31 Å². The number of hydrogen-bond acceptors (Lipinski definition) is 6. The Kier molecular flexibility index (Phi) is 6.96. The van der Waals surface area contributed by atoms with Crippen LogP contribution in [0.5, 0.6) is 5.75 Å². The van der Waals surface area contributed by atoms with Crippen LogP contribution in [-0.2, 0) is 27.4 Å². The highest BCUT2D eigenvalue weighted by Crippen LogP contribution is 2.30. The third-order valence-electron chi connectivity index (χ3n) is 5.59. The van der Waals surface area contributed by atoms with Crippen LogP contribution in [0.15, 0.2) is 61.3 Å². The summed E-state index contributed by atoms with van der Waals surface area (Å²) >= 11 is 0. The number of fused-ring (bicyclic) bond motifs is 1. The van der Waals surface area contributed by atoms with E-state index in [1.54, 1.807) is 10.8 Å². The fourth-order valence-corrected chi connectivity index (χ4v) is 4.01. The number of hydrogen-bond donors (Lipinski definition) is 0. The van der Waals surface area contributed by atoms with Gasteiger partial charge in [0.05, 0.1) is 32.4 Å². The van der Waals surface area contributed by atoms with E-state index in [1.165, 1.54) is 20.5 Å². The molecule has 2 aromatic carbocycles. The molecule has 8 nitrogen and oxygen atoms in total. The van der Waals surface area contributed by atoms with Gasteiger partial charge in [-0.1, -0.05) is 31.2 Å². The second-order valence-electron chi connectivity index (χ2n) is 7.85. The third-order valence-corrected chi connectivity index (χ3v) is 5.59. The van der Waals surface area contributed by atoms with Gasteiger partial charge >= 0.3 is 5.97 Å². The van der Waals surface area contributed by atoms with Gasteiger partial charge < -0.3 is 18.8 Å². The van der Waals surface area contributed by atoms with E-state index < -0.39 is 5.97 Å². The zero-order chi connectivity index (χ0) is 24.1. The third kappa shape index (κ3) is 4.52. The summed E-state index contributed by atoms with van der Waals surface area (Å²) in [4.78, 5) is 16.6. The summed E-state index contributed by atoms with van der Waals surface area (Å²) in [6.07, 6.45) is 5.96. The SMILES string of the molecule is CCCn1c(-c2ccc(OCc3ccccc3/C(=C/OC)C(=O)OC)cc2C)cn2ncnc12. The lowest BCUT2D eigenvalue weighted by Gasteiger charge is -2.14. The normalized spacial score (nSPS) is 11.6. The van der Waals surface area contributed by atoms with E-state index in [0.717, 1.165) is 46.9 Å². The van der Waals surface area contributed by atoms with Gasteiger partial charge in [0.1, 0.15) is 24.3 Å². The number of aryl methyl sites for hydroxylation is 2. The highest BCUT2D eigenvalue weighted by molar-refractivity contribution is 6.16. The molecule has 0 aliphatic heterocycles. The molecule has 0 spiro atoms. The standard InChI is InChI=1S/C26H28N4O4/c1-5-12-29-24(14-30-26(29)27-17-28-30)21-11-10-20(13-18(21)2)34-15-19-8-6-7-9-22(19)23(16-32-3)25(31)33-4/h6-11,13-14,16-17H,5,12,15H2,1-4H3/b23-16-. The molecule has 0 N–H and O–H groups in total. The summed E-state index contributed by atoms with van der Waals surface area (Å²) in [6.45, 7) is 5.35. The largest absolute Gasteiger partial charge is 0.503 e. The molecule has 34 heavy (non-hydrogen) atoms. The van der Waals surface area contributed by atoms with Crippen molar-refractivity contribution >= 4 is 17.3 Å². The first-order chi connectivity index (χ1) is 16.6. The van der Waals surface area contributed by atoms with Gasteiger partial charge in [0.15, 0.2) is 0 Å². The van der Waals surface area contributed by atoms with Crippen molar-refractivity contribution in [2.75, 3.05) is 14.2 Å². The number of carbonyl (C=O) groups is 1. The van der Waals surface area contributed by atoms with Crippen molar-refractivity contribution in [2.45, 2.75) is 33.4 Å². The summed E-state index contributed by atoms with van der Waals surface area (Å²) in [5.74, 6) is 1.10. The first-order valence-electron chi connectivity index (χ1n) is 11.1. The lowest BCUT2D eigenvalue weighted by molar-refractivity contribution is -0.133. The first-order valence-corrected chi connectivity index (χ1v) is 11.1. The first kappa shape index (κ1) is 23.1. The summed E-state index contributed by atoms with van der Waals surface area (Å²) in [7, 11) is 2.84. The predicted molar refractivity (Wildman–Crippen MR) is 129 cm³/mol. The smallest absolute Gasteiger partial charge is 0.341 e. The van der Waals surface area contributed by atoms with Crippen LogP contribution in [0.25, 0.3) is 22.6 Å². The lowest BCUT2D eigenvalue weighted by atomic mass is 10.0. The molecule has 176 valence electrons. The number of benzene rings is 2. The molecule has 0 amide bonds. The maximum atomic E-state index is 12.2. The maximum Gasteiger partial charge on any atom is 0.341 e. The van der Waals surface area contributed by atoms with Gasteiger partial charge in [-0.2, -0.15) is 10.1 Å². The Bertz CT molecular complexity index is 1340. The number of rotatable bonds is 9. The summed E-state index contributed by atoms with van der Waals surface area (Å²) in [5, 5.41) is 4.29. The van der Waals surface area contributed by atoms with Crippen molar-refractivity contribution in [1.82, 2.24) is 19.2 Å².